The van der Waals surface area contributed by atoms with E-state index in [0.29, 0.717) is 35.5 Å². The summed E-state index contributed by atoms with van der Waals surface area (Å²) in [4.78, 5) is 11.4. The molecule has 218 valence electrons. The van der Waals surface area contributed by atoms with Crippen molar-refractivity contribution in [2.75, 3.05) is 31.6 Å². The molecule has 6 rings (SSSR count). The van der Waals surface area contributed by atoms with Crippen molar-refractivity contribution in [1.29, 1.82) is 5.26 Å². The van der Waals surface area contributed by atoms with Crippen LogP contribution < -0.4 is 10.1 Å². The molecule has 4 aromatic rings. The van der Waals surface area contributed by atoms with Crippen molar-refractivity contribution in [3.05, 3.63) is 48.7 Å². The predicted molar refractivity (Wildman–Crippen MR) is 151 cm³/mol. The van der Waals surface area contributed by atoms with Gasteiger partial charge in [0, 0.05) is 37.1 Å². The van der Waals surface area contributed by atoms with Crippen molar-refractivity contribution in [3.8, 4) is 28.8 Å². The fraction of sp³-hybridized carbons (Fsp3) is 0.464. The molecule has 0 amide bonds. The Balaban J connectivity index is 1.08. The lowest BCUT2D eigenvalue weighted by Gasteiger charge is -2.38. The summed E-state index contributed by atoms with van der Waals surface area (Å²) in [6.07, 6.45) is 10.7. The van der Waals surface area contributed by atoms with Gasteiger partial charge in [0.25, 0.3) is 5.88 Å². The van der Waals surface area contributed by atoms with Crippen molar-refractivity contribution >= 4 is 11.6 Å². The Hall–Kier alpha value is -4.61. The van der Waals surface area contributed by atoms with E-state index >= 15 is 0 Å². The molecule has 1 aliphatic carbocycles. The Bertz CT molecular complexity index is 1500. The SMILES string of the molecule is C[C@@H](Cn1cnnn1)Oc1cc(-c2cnc(Nc3cn([C@H]4CC[C@H](N5CCOCC5)CC4)nc3O)nc2)ccc1C#N. The highest BCUT2D eigenvalue weighted by Gasteiger charge is 2.28. The van der Waals surface area contributed by atoms with E-state index in [9.17, 15) is 10.4 Å². The summed E-state index contributed by atoms with van der Waals surface area (Å²) in [6.45, 7) is 5.96. The molecule has 14 heteroatoms. The van der Waals surface area contributed by atoms with Gasteiger partial charge in [-0.2, -0.15) is 5.26 Å². The second-order valence-electron chi connectivity index (χ2n) is 10.7. The molecule has 0 unspecified atom stereocenters. The maximum atomic E-state index is 10.5. The van der Waals surface area contributed by atoms with Crippen molar-refractivity contribution in [1.82, 2.24) is 44.9 Å². The molecule has 2 fully saturated rings. The van der Waals surface area contributed by atoms with Gasteiger partial charge in [-0.3, -0.25) is 9.58 Å². The highest BCUT2D eigenvalue weighted by atomic mass is 16.5. The first-order valence-electron chi connectivity index (χ1n) is 14.2. The zero-order valence-electron chi connectivity index (χ0n) is 23.4. The summed E-state index contributed by atoms with van der Waals surface area (Å²) in [7, 11) is 0. The van der Waals surface area contributed by atoms with Crippen LogP contribution in [0.3, 0.4) is 0 Å². The molecule has 0 spiro atoms. The number of aromatic nitrogens is 8. The molecule has 1 aliphatic heterocycles. The van der Waals surface area contributed by atoms with Crippen molar-refractivity contribution < 1.29 is 14.6 Å². The molecular formula is C28H33N11O3. The van der Waals surface area contributed by atoms with E-state index in [4.69, 9.17) is 9.47 Å². The molecule has 2 N–H and O–H groups in total. The van der Waals surface area contributed by atoms with E-state index in [0.717, 1.165) is 63.1 Å². The summed E-state index contributed by atoms with van der Waals surface area (Å²) in [5.74, 6) is 0.710. The summed E-state index contributed by atoms with van der Waals surface area (Å²) in [5, 5.41) is 38.7. The Labute approximate surface area is 242 Å². The van der Waals surface area contributed by atoms with Gasteiger partial charge in [0.1, 0.15) is 29.9 Å². The normalized spacial score (nSPS) is 20.1. The van der Waals surface area contributed by atoms with E-state index in [2.05, 4.69) is 46.9 Å². The molecule has 0 radical (unpaired) electrons. The number of aromatic hydroxyl groups is 1. The number of benzene rings is 1. The lowest BCUT2D eigenvalue weighted by molar-refractivity contribution is 0.00503. The molecule has 1 aromatic carbocycles. The number of morpholine rings is 1. The van der Waals surface area contributed by atoms with Gasteiger partial charge in [-0.05, 0) is 60.7 Å². The van der Waals surface area contributed by atoms with Crippen molar-refractivity contribution in [2.45, 2.75) is 57.3 Å². The fourth-order valence-corrected chi connectivity index (χ4v) is 5.62. The van der Waals surface area contributed by atoms with Gasteiger partial charge < -0.3 is 19.9 Å². The molecule has 1 saturated heterocycles. The Kier molecular flexibility index (Phi) is 8.20. The molecule has 3 aromatic heterocycles. The third-order valence-electron chi connectivity index (χ3n) is 7.81. The van der Waals surface area contributed by atoms with Crippen LogP contribution in [0.2, 0.25) is 0 Å². The van der Waals surface area contributed by atoms with Crippen LogP contribution in [0.15, 0.2) is 43.1 Å². The summed E-state index contributed by atoms with van der Waals surface area (Å²) in [5.41, 5.74) is 2.43. The molecule has 2 aliphatic rings. The molecule has 14 nitrogen and oxygen atoms in total. The third-order valence-corrected chi connectivity index (χ3v) is 7.81. The number of tetrazole rings is 1. The van der Waals surface area contributed by atoms with Crippen LogP contribution in [0, 0.1) is 11.3 Å². The minimum absolute atomic E-state index is 0.0809. The predicted octanol–water partition coefficient (Wildman–Crippen LogP) is 2.93. The second-order valence-corrected chi connectivity index (χ2v) is 10.7. The summed E-state index contributed by atoms with van der Waals surface area (Å²) in [6, 6.07) is 8.34. The molecule has 1 saturated carbocycles. The third kappa shape index (κ3) is 6.32. The number of hydrogen-bond acceptors (Lipinski definition) is 12. The summed E-state index contributed by atoms with van der Waals surface area (Å²) < 4.78 is 15.0. The van der Waals surface area contributed by atoms with Crippen LogP contribution in [0.25, 0.3) is 11.1 Å². The van der Waals surface area contributed by atoms with Gasteiger partial charge >= 0.3 is 0 Å². The molecule has 42 heavy (non-hydrogen) atoms. The maximum Gasteiger partial charge on any atom is 0.254 e. The largest absolute Gasteiger partial charge is 0.491 e. The number of ether oxygens (including phenoxy) is 2. The van der Waals surface area contributed by atoms with Crippen LogP contribution in [0.4, 0.5) is 11.6 Å². The molecule has 4 heterocycles. The Morgan fingerprint density at radius 2 is 1.88 bits per heavy atom. The number of nitriles is 1. The Morgan fingerprint density at radius 3 is 2.60 bits per heavy atom. The highest BCUT2D eigenvalue weighted by Crippen LogP contribution is 2.34. The fourth-order valence-electron chi connectivity index (χ4n) is 5.62. The van der Waals surface area contributed by atoms with Crippen LogP contribution in [0.1, 0.15) is 44.2 Å². The van der Waals surface area contributed by atoms with Crippen LogP contribution in [-0.2, 0) is 11.3 Å². The monoisotopic (exact) mass is 571 g/mol. The van der Waals surface area contributed by atoms with Gasteiger partial charge in [0.2, 0.25) is 5.95 Å². The van der Waals surface area contributed by atoms with Gasteiger partial charge in [-0.15, -0.1) is 10.2 Å². The molecule has 0 bridgehead atoms. The lowest BCUT2D eigenvalue weighted by atomic mass is 9.90. The standard InChI is InChI=1S/C28H33N11O3/c1-19(16-38-18-32-35-36-38)42-26-12-20(2-3-21(26)13-29)22-14-30-28(31-15-22)33-25-17-39(34-27(25)40)24-6-4-23(5-7-24)37-8-10-41-11-9-37/h2-3,12,14-15,17-19,23-24H,4-11,16H2,1H3,(H,34,40)(H,30,31,33)/t19-,23-,24-/m0/s1. The van der Waals surface area contributed by atoms with E-state index in [1.54, 1.807) is 29.2 Å². The number of anilines is 2. The summed E-state index contributed by atoms with van der Waals surface area (Å²) >= 11 is 0. The number of nitrogens with zero attached hydrogens (tertiary/aromatic N) is 10. The van der Waals surface area contributed by atoms with E-state index in [-0.39, 0.29) is 18.0 Å². The first-order chi connectivity index (χ1) is 20.6. The zero-order valence-corrected chi connectivity index (χ0v) is 23.4. The van der Waals surface area contributed by atoms with E-state index in [1.807, 2.05) is 23.9 Å². The smallest absolute Gasteiger partial charge is 0.254 e. The topological polar surface area (TPSA) is 165 Å². The second kappa shape index (κ2) is 12.5. The first kappa shape index (κ1) is 27.6. The van der Waals surface area contributed by atoms with Gasteiger partial charge in [0.05, 0.1) is 37.6 Å². The molecule has 1 atom stereocenters. The van der Waals surface area contributed by atoms with Crippen LogP contribution in [0.5, 0.6) is 11.6 Å². The van der Waals surface area contributed by atoms with Gasteiger partial charge in [0.15, 0.2) is 0 Å². The zero-order chi connectivity index (χ0) is 28.9. The maximum absolute atomic E-state index is 10.5. The van der Waals surface area contributed by atoms with Crippen LogP contribution >= 0.6 is 0 Å². The van der Waals surface area contributed by atoms with Gasteiger partial charge in [-0.25, -0.2) is 14.6 Å². The highest BCUT2D eigenvalue weighted by molar-refractivity contribution is 5.67. The van der Waals surface area contributed by atoms with E-state index < -0.39 is 0 Å². The molecular weight excluding hydrogens is 538 g/mol. The van der Waals surface area contributed by atoms with Crippen molar-refractivity contribution in [3.63, 3.8) is 0 Å². The average molecular weight is 572 g/mol. The minimum Gasteiger partial charge on any atom is -0.491 e. The first-order valence-corrected chi connectivity index (χ1v) is 14.2. The van der Waals surface area contributed by atoms with Crippen molar-refractivity contribution in [2.24, 2.45) is 0 Å². The van der Waals surface area contributed by atoms with Crippen LogP contribution in [-0.4, -0.2) is 88.4 Å². The number of nitrogens with one attached hydrogen (secondary N) is 1. The Morgan fingerprint density at radius 1 is 1.12 bits per heavy atom. The average Bonchev–Trinajstić information content (AvgIpc) is 3.67. The quantitative estimate of drug-likeness (QED) is 0.302. The number of hydrogen-bond donors (Lipinski definition) is 2. The minimum atomic E-state index is -0.271. The lowest BCUT2D eigenvalue weighted by Crippen LogP contribution is -2.45. The number of rotatable bonds is 9. The van der Waals surface area contributed by atoms with E-state index in [1.165, 1.54) is 6.33 Å². The van der Waals surface area contributed by atoms with Gasteiger partial charge in [-0.1, -0.05) is 6.07 Å².